The number of pyridine rings is 2. The summed E-state index contributed by atoms with van der Waals surface area (Å²) in [6, 6.07) is 9.90. The molecule has 0 radical (unpaired) electrons. The van der Waals surface area contributed by atoms with Crippen molar-refractivity contribution in [1.29, 1.82) is 0 Å². The molecule has 1 fully saturated rings. The Morgan fingerprint density at radius 1 is 1.07 bits per heavy atom. The van der Waals surface area contributed by atoms with Gasteiger partial charge in [-0.1, -0.05) is 0 Å². The lowest BCUT2D eigenvalue weighted by molar-refractivity contribution is 0.0139. The van der Waals surface area contributed by atoms with Crippen LogP contribution in [0.2, 0.25) is 0 Å². The first-order valence-electron chi connectivity index (χ1n) is 13.8. The van der Waals surface area contributed by atoms with Gasteiger partial charge in [0.15, 0.2) is 5.75 Å². The number of H-pyrrole nitrogens is 1. The molecule has 1 aliphatic rings. The molecule has 4 heterocycles. The first-order chi connectivity index (χ1) is 19.7. The number of amides is 1. The Labute approximate surface area is 239 Å². The maximum atomic E-state index is 12.4. The third kappa shape index (κ3) is 6.68. The smallest absolute Gasteiger partial charge is 0.410 e. The largest absolute Gasteiger partial charge is 0.494 e. The van der Waals surface area contributed by atoms with E-state index in [4.69, 9.17) is 19.2 Å². The highest BCUT2D eigenvalue weighted by Crippen LogP contribution is 2.40. The van der Waals surface area contributed by atoms with E-state index in [2.05, 4.69) is 25.2 Å². The molecular weight excluding hydrogens is 522 g/mol. The number of piperazine rings is 1. The molecule has 3 aromatic heterocycles. The van der Waals surface area contributed by atoms with Gasteiger partial charge in [0.05, 0.1) is 25.4 Å². The van der Waals surface area contributed by atoms with Gasteiger partial charge in [0.1, 0.15) is 22.7 Å². The van der Waals surface area contributed by atoms with Crippen molar-refractivity contribution in [2.45, 2.75) is 39.8 Å². The number of carbonyl (C=O) groups excluding carboxylic acids is 1. The summed E-state index contributed by atoms with van der Waals surface area (Å²) in [5.74, 6) is 2.58. The van der Waals surface area contributed by atoms with E-state index in [0.717, 1.165) is 41.8 Å². The zero-order chi connectivity index (χ0) is 29.0. The molecule has 216 valence electrons. The molecule has 0 bridgehead atoms. The Hall–Kier alpha value is -4.38. The van der Waals surface area contributed by atoms with Gasteiger partial charge in [0.2, 0.25) is 5.95 Å². The van der Waals surface area contributed by atoms with Crippen LogP contribution in [0.4, 0.5) is 16.6 Å². The second kappa shape index (κ2) is 12.0. The van der Waals surface area contributed by atoms with Gasteiger partial charge in [0, 0.05) is 56.2 Å². The minimum absolute atomic E-state index is 0.252. The molecule has 4 aromatic rings. The lowest BCUT2D eigenvalue weighted by Gasteiger charge is -2.35. The summed E-state index contributed by atoms with van der Waals surface area (Å²) in [6.07, 6.45) is 4.95. The first-order valence-corrected chi connectivity index (χ1v) is 13.8. The van der Waals surface area contributed by atoms with Gasteiger partial charge in [-0.15, -0.1) is 0 Å². The summed E-state index contributed by atoms with van der Waals surface area (Å²) in [5.41, 5.74) is 3.94. The molecule has 11 heteroatoms. The highest BCUT2D eigenvalue weighted by atomic mass is 16.6. The molecule has 5 rings (SSSR count). The van der Waals surface area contributed by atoms with Crippen molar-refractivity contribution in [3.05, 3.63) is 54.5 Å². The van der Waals surface area contributed by atoms with Gasteiger partial charge >= 0.3 is 6.09 Å². The van der Waals surface area contributed by atoms with E-state index in [-0.39, 0.29) is 6.09 Å². The molecule has 1 aromatic carbocycles. The van der Waals surface area contributed by atoms with E-state index in [0.29, 0.717) is 48.5 Å². The molecule has 41 heavy (non-hydrogen) atoms. The average Bonchev–Trinajstić information content (AvgIpc) is 3.36. The molecule has 1 aliphatic heterocycles. The van der Waals surface area contributed by atoms with Crippen LogP contribution in [-0.4, -0.2) is 81.3 Å². The number of aromatic nitrogens is 4. The van der Waals surface area contributed by atoms with Crippen LogP contribution in [0.25, 0.3) is 22.2 Å². The van der Waals surface area contributed by atoms with Crippen LogP contribution < -0.4 is 14.8 Å². The van der Waals surface area contributed by atoms with Crippen LogP contribution in [0.15, 0.2) is 48.9 Å². The summed E-state index contributed by atoms with van der Waals surface area (Å²) in [5, 5.41) is 3.31. The van der Waals surface area contributed by atoms with Crippen molar-refractivity contribution in [2.24, 2.45) is 0 Å². The monoisotopic (exact) mass is 559 g/mol. The lowest BCUT2D eigenvalue weighted by atomic mass is 10.0. The number of hydrogen-bond acceptors (Lipinski definition) is 9. The van der Waals surface area contributed by atoms with Crippen LogP contribution in [0.3, 0.4) is 0 Å². The number of nitrogens with one attached hydrogen (secondary N) is 2. The van der Waals surface area contributed by atoms with E-state index in [9.17, 15) is 4.79 Å². The number of carbonyl (C=O) groups is 1. The standard InChI is InChI=1S/C30H37N7O4/c1-6-40-27-22(21-10-11-31-18-24(21)39-5)7-8-23-26(27)35-28(33-23)34-25-17-20(9-12-32-25)19-36-13-15-37(16-14-36)29(38)41-30(2,3)4/h7-12,17-18H,6,13-16,19H2,1-5H3,(H2,32,33,34,35). The summed E-state index contributed by atoms with van der Waals surface area (Å²) >= 11 is 0. The third-order valence-electron chi connectivity index (χ3n) is 6.69. The van der Waals surface area contributed by atoms with Crippen molar-refractivity contribution in [3.63, 3.8) is 0 Å². The first kappa shape index (κ1) is 28.2. The molecular formula is C30H37N7O4. The molecule has 0 unspecified atom stereocenters. The number of nitrogens with zero attached hydrogens (tertiary/aromatic N) is 5. The van der Waals surface area contributed by atoms with Gasteiger partial charge in [-0.2, -0.15) is 0 Å². The number of benzene rings is 1. The number of imidazole rings is 1. The number of hydrogen-bond donors (Lipinski definition) is 2. The van der Waals surface area contributed by atoms with Crippen LogP contribution >= 0.6 is 0 Å². The zero-order valence-electron chi connectivity index (χ0n) is 24.2. The number of ether oxygens (including phenoxy) is 3. The molecule has 1 amide bonds. The maximum absolute atomic E-state index is 12.4. The molecule has 11 nitrogen and oxygen atoms in total. The van der Waals surface area contributed by atoms with Gasteiger partial charge in [0.25, 0.3) is 0 Å². The predicted molar refractivity (Wildman–Crippen MR) is 158 cm³/mol. The van der Waals surface area contributed by atoms with E-state index in [1.165, 1.54) is 0 Å². The van der Waals surface area contributed by atoms with E-state index in [1.54, 1.807) is 30.6 Å². The minimum Gasteiger partial charge on any atom is -0.494 e. The van der Waals surface area contributed by atoms with Crippen molar-refractivity contribution >= 4 is 28.9 Å². The van der Waals surface area contributed by atoms with Gasteiger partial charge in [-0.05, 0) is 63.6 Å². The third-order valence-corrected chi connectivity index (χ3v) is 6.69. The quantitative estimate of drug-likeness (QED) is 0.299. The van der Waals surface area contributed by atoms with E-state index >= 15 is 0 Å². The highest BCUT2D eigenvalue weighted by molar-refractivity contribution is 5.93. The number of rotatable bonds is 8. The van der Waals surface area contributed by atoms with Crippen molar-refractivity contribution < 1.29 is 19.0 Å². The average molecular weight is 560 g/mol. The topological polar surface area (TPSA) is 118 Å². The Kier molecular flexibility index (Phi) is 8.25. The zero-order valence-corrected chi connectivity index (χ0v) is 24.2. The number of aromatic amines is 1. The number of fused-ring (bicyclic) bond motifs is 1. The molecule has 2 N–H and O–H groups in total. The predicted octanol–water partition coefficient (Wildman–Crippen LogP) is 5.22. The van der Waals surface area contributed by atoms with Crippen molar-refractivity contribution in [2.75, 3.05) is 45.2 Å². The highest BCUT2D eigenvalue weighted by Gasteiger charge is 2.26. The summed E-state index contributed by atoms with van der Waals surface area (Å²) in [4.78, 5) is 33.3. The summed E-state index contributed by atoms with van der Waals surface area (Å²) in [6.45, 7) is 11.7. The minimum atomic E-state index is -0.492. The Morgan fingerprint density at radius 3 is 2.61 bits per heavy atom. The van der Waals surface area contributed by atoms with Gasteiger partial charge in [-0.3, -0.25) is 9.88 Å². The Morgan fingerprint density at radius 2 is 1.88 bits per heavy atom. The van der Waals surface area contributed by atoms with Crippen LogP contribution in [0.1, 0.15) is 33.3 Å². The van der Waals surface area contributed by atoms with Gasteiger partial charge < -0.3 is 29.4 Å². The van der Waals surface area contributed by atoms with Crippen LogP contribution in [0, 0.1) is 0 Å². The van der Waals surface area contributed by atoms with Crippen LogP contribution in [0.5, 0.6) is 11.5 Å². The fraction of sp³-hybridized carbons (Fsp3) is 0.400. The van der Waals surface area contributed by atoms with Crippen molar-refractivity contribution in [1.82, 2.24) is 29.7 Å². The van der Waals surface area contributed by atoms with Crippen molar-refractivity contribution in [3.8, 4) is 22.6 Å². The SMILES string of the molecule is CCOc1c(-c2ccncc2OC)ccc2[nH]c(Nc3cc(CN4CCN(C(=O)OC(C)(C)C)CC4)ccn3)nc12. The molecule has 0 aliphatic carbocycles. The molecule has 0 atom stereocenters. The fourth-order valence-corrected chi connectivity index (χ4v) is 4.81. The number of anilines is 2. The second-order valence-corrected chi connectivity index (χ2v) is 10.9. The fourth-order valence-electron chi connectivity index (χ4n) is 4.81. The maximum Gasteiger partial charge on any atom is 0.410 e. The Bertz CT molecular complexity index is 1510. The lowest BCUT2D eigenvalue weighted by Crippen LogP contribution is -2.49. The molecule has 0 saturated carbocycles. The Balaban J connectivity index is 1.29. The normalized spacial score (nSPS) is 14.2. The number of methoxy groups -OCH3 is 1. The summed E-state index contributed by atoms with van der Waals surface area (Å²) in [7, 11) is 1.63. The second-order valence-electron chi connectivity index (χ2n) is 10.9. The summed E-state index contributed by atoms with van der Waals surface area (Å²) < 4.78 is 17.1. The molecule has 0 spiro atoms. The van der Waals surface area contributed by atoms with E-state index < -0.39 is 5.60 Å². The molecule has 1 saturated heterocycles. The van der Waals surface area contributed by atoms with E-state index in [1.807, 2.05) is 58.0 Å². The van der Waals surface area contributed by atoms with Gasteiger partial charge in [-0.25, -0.2) is 14.8 Å². The van der Waals surface area contributed by atoms with Crippen LogP contribution in [-0.2, 0) is 11.3 Å².